The number of aryl methyl sites for hydroxylation is 1. The van der Waals surface area contributed by atoms with Crippen LogP contribution in [0.3, 0.4) is 0 Å². The fourth-order valence-corrected chi connectivity index (χ4v) is 2.37. The van der Waals surface area contributed by atoms with Crippen molar-refractivity contribution in [1.82, 2.24) is 4.57 Å². The van der Waals surface area contributed by atoms with E-state index in [9.17, 15) is 0 Å². The molecule has 3 rings (SSSR count). The predicted molar refractivity (Wildman–Crippen MR) is 81.4 cm³/mol. The lowest BCUT2D eigenvalue weighted by atomic mass is 10.1. The summed E-state index contributed by atoms with van der Waals surface area (Å²) in [6, 6.07) is 17.0. The molecule has 0 amide bonds. The van der Waals surface area contributed by atoms with E-state index in [1.165, 1.54) is 22.0 Å². The van der Waals surface area contributed by atoms with Crippen LogP contribution >= 0.6 is 0 Å². The van der Waals surface area contributed by atoms with Crippen LogP contribution in [0.2, 0.25) is 0 Å². The Balaban J connectivity index is 1.81. The lowest BCUT2D eigenvalue weighted by molar-refractivity contribution is 0.766. The first-order valence-corrected chi connectivity index (χ1v) is 6.73. The van der Waals surface area contributed by atoms with Gasteiger partial charge < -0.3 is 9.88 Å². The third kappa shape index (κ3) is 2.48. The van der Waals surface area contributed by atoms with Crippen molar-refractivity contribution >= 4 is 16.5 Å². The highest BCUT2D eigenvalue weighted by atomic mass is 14.9. The van der Waals surface area contributed by atoms with Crippen LogP contribution in [0.15, 0.2) is 60.9 Å². The molecule has 0 saturated carbocycles. The second kappa shape index (κ2) is 5.19. The van der Waals surface area contributed by atoms with E-state index in [2.05, 4.69) is 77.7 Å². The van der Waals surface area contributed by atoms with Gasteiger partial charge in [0.2, 0.25) is 0 Å². The van der Waals surface area contributed by atoms with Crippen LogP contribution in [0.5, 0.6) is 0 Å². The molecule has 3 aromatic rings. The van der Waals surface area contributed by atoms with Gasteiger partial charge in [0.15, 0.2) is 0 Å². The molecule has 0 atom stereocenters. The fraction of sp³-hybridized carbons (Fsp3) is 0.176. The van der Waals surface area contributed by atoms with Gasteiger partial charge in [-0.15, -0.1) is 0 Å². The molecule has 0 unspecified atom stereocenters. The first-order chi connectivity index (χ1) is 9.36. The van der Waals surface area contributed by atoms with Gasteiger partial charge in [-0.25, -0.2) is 0 Å². The van der Waals surface area contributed by atoms with Crippen LogP contribution in [-0.4, -0.2) is 4.57 Å². The maximum atomic E-state index is 3.53. The monoisotopic (exact) mass is 250 g/mol. The summed E-state index contributed by atoms with van der Waals surface area (Å²) in [5.74, 6) is 0. The maximum Gasteiger partial charge on any atom is 0.0422 e. The molecule has 19 heavy (non-hydrogen) atoms. The summed E-state index contributed by atoms with van der Waals surface area (Å²) in [6.07, 6.45) is 4.32. The van der Waals surface area contributed by atoms with Gasteiger partial charge in [-0.05, 0) is 30.0 Å². The van der Waals surface area contributed by atoms with Crippen LogP contribution in [0, 0.1) is 0 Å². The van der Waals surface area contributed by atoms with E-state index in [-0.39, 0.29) is 0 Å². The molecule has 0 radical (unpaired) electrons. The van der Waals surface area contributed by atoms with Gasteiger partial charge in [-0.1, -0.05) is 36.4 Å². The fourth-order valence-electron chi connectivity index (χ4n) is 2.37. The Morgan fingerprint density at radius 3 is 2.68 bits per heavy atom. The minimum absolute atomic E-state index is 0.862. The lowest BCUT2D eigenvalue weighted by Gasteiger charge is -2.08. The summed E-state index contributed by atoms with van der Waals surface area (Å²) >= 11 is 0. The van der Waals surface area contributed by atoms with Crippen molar-refractivity contribution in [2.45, 2.75) is 20.0 Å². The Morgan fingerprint density at radius 2 is 1.84 bits per heavy atom. The summed E-state index contributed by atoms with van der Waals surface area (Å²) in [4.78, 5) is 0. The van der Waals surface area contributed by atoms with Crippen molar-refractivity contribution in [1.29, 1.82) is 0 Å². The number of benzene rings is 2. The number of nitrogens with one attached hydrogen (secondary N) is 1. The topological polar surface area (TPSA) is 17.0 Å². The zero-order chi connectivity index (χ0) is 13.1. The third-order valence-electron chi connectivity index (χ3n) is 3.45. The number of hydrogen-bond acceptors (Lipinski definition) is 1. The molecule has 0 aliphatic rings. The van der Waals surface area contributed by atoms with E-state index in [4.69, 9.17) is 0 Å². The number of hydrogen-bond donors (Lipinski definition) is 1. The number of aromatic nitrogens is 1. The van der Waals surface area contributed by atoms with E-state index < -0.39 is 0 Å². The van der Waals surface area contributed by atoms with Crippen molar-refractivity contribution in [2.75, 3.05) is 5.32 Å². The Labute approximate surface area is 113 Å². The highest BCUT2D eigenvalue weighted by Crippen LogP contribution is 2.23. The van der Waals surface area contributed by atoms with Crippen LogP contribution in [0.1, 0.15) is 12.5 Å². The molecule has 96 valence electrons. The average molecular weight is 250 g/mol. The zero-order valence-corrected chi connectivity index (χ0v) is 11.1. The SMILES string of the molecule is CCn1ccc(CNc2cccc3ccccc23)c1. The molecule has 0 saturated heterocycles. The average Bonchev–Trinajstić information content (AvgIpc) is 2.93. The number of rotatable bonds is 4. The van der Waals surface area contributed by atoms with Crippen LogP contribution in [0.25, 0.3) is 10.8 Å². The van der Waals surface area contributed by atoms with Crippen molar-refractivity contribution in [3.05, 3.63) is 66.5 Å². The first-order valence-electron chi connectivity index (χ1n) is 6.73. The molecule has 0 spiro atoms. The summed E-state index contributed by atoms with van der Waals surface area (Å²) < 4.78 is 2.19. The van der Waals surface area contributed by atoms with Crippen LogP contribution < -0.4 is 5.32 Å². The minimum atomic E-state index is 0.862. The van der Waals surface area contributed by atoms with Crippen molar-refractivity contribution in [3.8, 4) is 0 Å². The zero-order valence-electron chi connectivity index (χ0n) is 11.1. The summed E-state index contributed by atoms with van der Waals surface area (Å²) in [5.41, 5.74) is 2.51. The van der Waals surface area contributed by atoms with Crippen molar-refractivity contribution in [3.63, 3.8) is 0 Å². The molecule has 2 heteroatoms. The van der Waals surface area contributed by atoms with Gasteiger partial charge in [-0.2, -0.15) is 0 Å². The van der Waals surface area contributed by atoms with Gasteiger partial charge >= 0.3 is 0 Å². The van der Waals surface area contributed by atoms with E-state index in [0.717, 1.165) is 13.1 Å². The van der Waals surface area contributed by atoms with Gasteiger partial charge in [0, 0.05) is 36.6 Å². The summed E-state index contributed by atoms with van der Waals surface area (Å²) in [6.45, 7) is 4.04. The highest BCUT2D eigenvalue weighted by molar-refractivity contribution is 5.93. The van der Waals surface area contributed by atoms with Crippen molar-refractivity contribution in [2.24, 2.45) is 0 Å². The summed E-state index contributed by atoms with van der Waals surface area (Å²) in [7, 11) is 0. The standard InChI is InChI=1S/C17H18N2/c1-2-19-11-10-14(13-19)12-18-17-9-5-7-15-6-3-4-8-16(15)17/h3-11,13,18H,2,12H2,1H3. The quantitative estimate of drug-likeness (QED) is 0.731. The van der Waals surface area contributed by atoms with E-state index >= 15 is 0 Å². The Hall–Kier alpha value is -2.22. The molecular formula is C17H18N2. The first kappa shape index (κ1) is 11.8. The molecule has 0 fully saturated rings. The van der Waals surface area contributed by atoms with E-state index in [0.29, 0.717) is 0 Å². The minimum Gasteiger partial charge on any atom is -0.380 e. The predicted octanol–water partition coefficient (Wildman–Crippen LogP) is 4.27. The van der Waals surface area contributed by atoms with E-state index in [1.807, 2.05) is 0 Å². The van der Waals surface area contributed by atoms with Crippen LogP contribution in [-0.2, 0) is 13.1 Å². The van der Waals surface area contributed by atoms with Crippen molar-refractivity contribution < 1.29 is 0 Å². The molecule has 2 nitrogen and oxygen atoms in total. The molecule has 0 bridgehead atoms. The largest absolute Gasteiger partial charge is 0.380 e. The highest BCUT2D eigenvalue weighted by Gasteiger charge is 2.00. The Bertz CT molecular complexity index is 677. The molecule has 0 aliphatic heterocycles. The van der Waals surface area contributed by atoms with Gasteiger partial charge in [0.1, 0.15) is 0 Å². The smallest absolute Gasteiger partial charge is 0.0422 e. The third-order valence-corrected chi connectivity index (χ3v) is 3.45. The summed E-state index contributed by atoms with van der Waals surface area (Å²) in [5, 5.41) is 6.08. The lowest BCUT2D eigenvalue weighted by Crippen LogP contribution is -1.99. The second-order valence-corrected chi connectivity index (χ2v) is 4.73. The normalized spacial score (nSPS) is 10.8. The molecule has 1 aromatic heterocycles. The Kier molecular flexibility index (Phi) is 3.23. The Morgan fingerprint density at radius 1 is 1.00 bits per heavy atom. The second-order valence-electron chi connectivity index (χ2n) is 4.73. The van der Waals surface area contributed by atoms with Gasteiger partial charge in [-0.3, -0.25) is 0 Å². The molecule has 1 N–H and O–H groups in total. The molecule has 0 aliphatic carbocycles. The number of anilines is 1. The molecular weight excluding hydrogens is 232 g/mol. The van der Waals surface area contributed by atoms with Crippen LogP contribution in [0.4, 0.5) is 5.69 Å². The molecule has 2 aromatic carbocycles. The van der Waals surface area contributed by atoms with E-state index in [1.54, 1.807) is 0 Å². The number of fused-ring (bicyclic) bond motifs is 1. The van der Waals surface area contributed by atoms with Gasteiger partial charge in [0.05, 0.1) is 0 Å². The maximum absolute atomic E-state index is 3.53. The van der Waals surface area contributed by atoms with Gasteiger partial charge in [0.25, 0.3) is 0 Å². The number of nitrogens with zero attached hydrogens (tertiary/aromatic N) is 1. The molecule has 1 heterocycles.